The fourth-order valence-corrected chi connectivity index (χ4v) is 8.49. The summed E-state index contributed by atoms with van der Waals surface area (Å²) in [5.74, 6) is 0.305. The minimum atomic E-state index is 0.294. The number of fused-ring (bicyclic) bond motifs is 13. The first-order valence-corrected chi connectivity index (χ1v) is 17.1. The van der Waals surface area contributed by atoms with Gasteiger partial charge in [-0.2, -0.15) is 9.13 Å². The average Bonchev–Trinajstić information content (AvgIpc) is 3.46. The molecule has 2 atom stereocenters. The van der Waals surface area contributed by atoms with Crippen molar-refractivity contribution in [2.75, 3.05) is 0 Å². The highest BCUT2D eigenvalue weighted by Crippen LogP contribution is 2.45. The van der Waals surface area contributed by atoms with Crippen LogP contribution in [0.15, 0.2) is 114 Å². The lowest BCUT2D eigenvalue weighted by Crippen LogP contribution is -2.48. The van der Waals surface area contributed by atoms with Crippen molar-refractivity contribution < 1.29 is 13.6 Å². The third-order valence-electron chi connectivity index (χ3n) is 11.0. The van der Waals surface area contributed by atoms with E-state index in [2.05, 4.69) is 140 Å². The molecule has 0 radical (unpaired) electrons. The first-order chi connectivity index (χ1) is 23.4. The van der Waals surface area contributed by atoms with Crippen molar-refractivity contribution in [1.29, 1.82) is 0 Å². The third kappa shape index (κ3) is 4.32. The Hall–Kier alpha value is -5.35. The van der Waals surface area contributed by atoms with E-state index in [1.54, 1.807) is 0 Å². The molecule has 3 aromatic carbocycles. The molecule has 0 fully saturated rings. The number of nitrogens with zero attached hydrogens (tertiary/aromatic N) is 3. The number of pyridine rings is 3. The molecular formula is C44H39N3O+2. The van der Waals surface area contributed by atoms with Gasteiger partial charge in [0.15, 0.2) is 29.7 Å². The van der Waals surface area contributed by atoms with Gasteiger partial charge in [0.05, 0.1) is 17.2 Å². The number of benzene rings is 3. The lowest BCUT2D eigenvalue weighted by molar-refractivity contribution is -0.719. The molecule has 0 amide bonds. The predicted molar refractivity (Wildman–Crippen MR) is 194 cm³/mol. The quantitative estimate of drug-likeness (QED) is 0.170. The maximum atomic E-state index is 6.87. The lowest BCUT2D eigenvalue weighted by atomic mass is 9.77. The Morgan fingerprint density at radius 2 is 1.54 bits per heavy atom. The maximum Gasteiger partial charge on any atom is 0.227 e. The van der Waals surface area contributed by atoms with Gasteiger partial charge in [-0.1, -0.05) is 48.5 Å². The van der Waals surface area contributed by atoms with Gasteiger partial charge >= 0.3 is 0 Å². The minimum absolute atomic E-state index is 0.294. The van der Waals surface area contributed by atoms with E-state index in [0.29, 0.717) is 17.7 Å². The van der Waals surface area contributed by atoms with Crippen LogP contribution in [0.5, 0.6) is 0 Å². The summed E-state index contributed by atoms with van der Waals surface area (Å²) in [6, 6.07) is 33.5. The van der Waals surface area contributed by atoms with Gasteiger partial charge in [-0.05, 0) is 92.8 Å². The Morgan fingerprint density at radius 1 is 0.750 bits per heavy atom. The molecular weight excluding hydrogens is 587 g/mol. The number of aromatic nitrogens is 3. The molecule has 7 aromatic rings. The Labute approximate surface area is 281 Å². The van der Waals surface area contributed by atoms with Crippen molar-refractivity contribution in [2.24, 2.45) is 0 Å². The van der Waals surface area contributed by atoms with Gasteiger partial charge in [-0.15, -0.1) is 0 Å². The van der Waals surface area contributed by atoms with Gasteiger partial charge in [0, 0.05) is 58.5 Å². The zero-order chi connectivity index (χ0) is 32.7. The Bertz CT molecular complexity index is 2450. The van der Waals surface area contributed by atoms with E-state index in [1.165, 1.54) is 50.2 Å². The monoisotopic (exact) mass is 625 g/mol. The first-order valence-electron chi connectivity index (χ1n) is 17.1. The average molecular weight is 626 g/mol. The van der Waals surface area contributed by atoms with Crippen LogP contribution in [0, 0.1) is 27.7 Å². The zero-order valence-corrected chi connectivity index (χ0v) is 28.0. The van der Waals surface area contributed by atoms with E-state index in [9.17, 15) is 0 Å². The number of rotatable bonds is 1. The van der Waals surface area contributed by atoms with Crippen molar-refractivity contribution >= 4 is 27.8 Å². The second-order valence-electron chi connectivity index (χ2n) is 13.9. The molecule has 9 rings (SSSR count). The molecule has 0 N–H and O–H groups in total. The Morgan fingerprint density at radius 3 is 2.40 bits per heavy atom. The van der Waals surface area contributed by atoms with Crippen LogP contribution in [-0.4, -0.2) is 4.98 Å². The molecule has 0 aliphatic carbocycles. The standard InChI is InChI=1S/C44H39N3O/c1-26-11-10-12-27(2)41(26)37-20-19-35-34-18-16-31-17-21-39-36(32-13-6-7-14-33(32)38-15-8-9-22-46(38)39)24-30(5)47-25-29(4)28(3)23-40(47)42(31)43(34)48-44(35)45-37/h6-16,18-20,22-23,25,36,39H,5,17,21,24H2,1-4H3/q+2. The number of hydrogen-bond acceptors (Lipinski definition) is 2. The first kappa shape index (κ1) is 28.8. The Kier molecular flexibility index (Phi) is 6.52. The molecule has 6 heterocycles. The summed E-state index contributed by atoms with van der Waals surface area (Å²) >= 11 is 0. The van der Waals surface area contributed by atoms with E-state index in [-0.39, 0.29) is 0 Å². The van der Waals surface area contributed by atoms with E-state index < -0.39 is 0 Å². The van der Waals surface area contributed by atoms with E-state index in [0.717, 1.165) is 58.3 Å². The number of furan rings is 1. The molecule has 48 heavy (non-hydrogen) atoms. The molecule has 0 saturated heterocycles. The number of aryl methyl sites for hydroxylation is 5. The van der Waals surface area contributed by atoms with Crippen LogP contribution in [0.1, 0.15) is 58.2 Å². The van der Waals surface area contributed by atoms with Crippen molar-refractivity contribution in [2.45, 2.75) is 58.9 Å². The number of allylic oxidation sites excluding steroid dienone is 1. The van der Waals surface area contributed by atoms with Crippen LogP contribution < -0.4 is 9.13 Å². The van der Waals surface area contributed by atoms with Gasteiger partial charge in [-0.25, -0.2) is 4.98 Å². The third-order valence-corrected chi connectivity index (χ3v) is 11.0. The van der Waals surface area contributed by atoms with Crippen LogP contribution in [0.4, 0.5) is 0 Å². The van der Waals surface area contributed by atoms with Crippen LogP contribution in [0.3, 0.4) is 0 Å². The molecule has 0 spiro atoms. The second kappa shape index (κ2) is 10.8. The SMILES string of the molecule is C=C1CC2c3ccccc3-c3cccc[n+]3C2CCc2ccc3c(oc4nc(-c5c(C)cccc5C)ccc43)c2-c2cc(C)c(C)c[n+]21. The summed E-state index contributed by atoms with van der Waals surface area (Å²) in [4.78, 5) is 5.14. The molecule has 234 valence electrons. The Balaban J connectivity index is 1.28. The van der Waals surface area contributed by atoms with Gasteiger partial charge < -0.3 is 4.42 Å². The van der Waals surface area contributed by atoms with Crippen molar-refractivity contribution in [3.8, 4) is 33.8 Å². The van der Waals surface area contributed by atoms with Crippen molar-refractivity contribution in [1.82, 2.24) is 4.98 Å². The minimum Gasteiger partial charge on any atom is -0.437 e. The summed E-state index contributed by atoms with van der Waals surface area (Å²) in [6.07, 6.45) is 7.34. The summed E-state index contributed by atoms with van der Waals surface area (Å²) in [6.45, 7) is 13.5. The second-order valence-corrected chi connectivity index (χ2v) is 13.9. The molecule has 0 saturated carbocycles. The zero-order valence-electron chi connectivity index (χ0n) is 28.0. The van der Waals surface area contributed by atoms with Gasteiger partial charge in [-0.3, -0.25) is 0 Å². The molecule has 2 unspecified atom stereocenters. The van der Waals surface area contributed by atoms with E-state index in [1.807, 2.05) is 0 Å². The summed E-state index contributed by atoms with van der Waals surface area (Å²) in [7, 11) is 0. The fourth-order valence-electron chi connectivity index (χ4n) is 8.49. The van der Waals surface area contributed by atoms with Crippen LogP contribution in [0.25, 0.3) is 61.5 Å². The highest BCUT2D eigenvalue weighted by molar-refractivity contribution is 6.09. The van der Waals surface area contributed by atoms with Gasteiger partial charge in [0.25, 0.3) is 0 Å². The smallest absolute Gasteiger partial charge is 0.227 e. The summed E-state index contributed by atoms with van der Waals surface area (Å²) in [5.41, 5.74) is 17.3. The van der Waals surface area contributed by atoms with E-state index in [4.69, 9.17) is 16.0 Å². The maximum absolute atomic E-state index is 6.87. The highest BCUT2D eigenvalue weighted by atomic mass is 16.3. The summed E-state index contributed by atoms with van der Waals surface area (Å²) < 4.78 is 11.7. The van der Waals surface area contributed by atoms with Crippen LogP contribution in [-0.2, 0) is 6.42 Å². The molecule has 4 heteroatoms. The fraction of sp³-hybridized carbons (Fsp3) is 0.205. The number of hydrogen-bond donors (Lipinski definition) is 0. The lowest BCUT2D eigenvalue weighted by Gasteiger charge is -2.31. The molecule has 0 bridgehead atoms. The molecule has 2 aliphatic heterocycles. The molecule has 2 aliphatic rings. The van der Waals surface area contributed by atoms with Gasteiger partial charge in [0.1, 0.15) is 0 Å². The van der Waals surface area contributed by atoms with Crippen molar-refractivity contribution in [3.05, 3.63) is 143 Å². The van der Waals surface area contributed by atoms with Crippen LogP contribution in [0.2, 0.25) is 0 Å². The normalized spacial score (nSPS) is 17.0. The topological polar surface area (TPSA) is 33.8 Å². The van der Waals surface area contributed by atoms with Crippen molar-refractivity contribution in [3.63, 3.8) is 0 Å². The van der Waals surface area contributed by atoms with E-state index >= 15 is 0 Å². The van der Waals surface area contributed by atoms with Crippen LogP contribution >= 0.6 is 0 Å². The van der Waals surface area contributed by atoms with Gasteiger partial charge in [0.2, 0.25) is 17.1 Å². The largest absolute Gasteiger partial charge is 0.437 e. The predicted octanol–water partition coefficient (Wildman–Crippen LogP) is 9.94. The molecule has 4 aromatic heterocycles. The molecule has 4 nitrogen and oxygen atoms in total. The summed E-state index contributed by atoms with van der Waals surface area (Å²) in [5, 5.41) is 2.14. The highest BCUT2D eigenvalue weighted by Gasteiger charge is 2.42.